The second-order valence-electron chi connectivity index (χ2n) is 3.54. The fourth-order valence-corrected chi connectivity index (χ4v) is 1.86. The summed E-state index contributed by atoms with van der Waals surface area (Å²) in [5.41, 5.74) is 2.19. The average molecular weight is 304 g/mol. The van der Waals surface area contributed by atoms with Crippen LogP contribution in [0.15, 0.2) is 41.1 Å². The van der Waals surface area contributed by atoms with Gasteiger partial charge < -0.3 is 10.1 Å². The maximum atomic E-state index is 8.83. The molecule has 0 fully saturated rings. The lowest BCUT2D eigenvalue weighted by Gasteiger charge is -2.11. The second-order valence-corrected chi connectivity index (χ2v) is 4.46. The minimum absolute atomic E-state index is 0.560. The van der Waals surface area contributed by atoms with Crippen LogP contribution in [0.4, 0.5) is 11.4 Å². The zero-order chi connectivity index (χ0) is 13.0. The zero-order valence-electron chi connectivity index (χ0n) is 9.64. The Balaban J connectivity index is 2.32. The number of benzene rings is 1. The highest BCUT2D eigenvalue weighted by atomic mass is 79.9. The highest BCUT2D eigenvalue weighted by Gasteiger charge is 2.05. The van der Waals surface area contributed by atoms with Crippen LogP contribution in [0, 0.1) is 11.3 Å². The van der Waals surface area contributed by atoms with E-state index in [0.29, 0.717) is 11.3 Å². The molecule has 0 amide bonds. The molecule has 1 N–H and O–H groups in total. The molecule has 1 aromatic heterocycles. The number of nitrogens with zero attached hydrogens (tertiary/aromatic N) is 2. The lowest BCUT2D eigenvalue weighted by atomic mass is 10.2. The van der Waals surface area contributed by atoms with E-state index < -0.39 is 0 Å². The van der Waals surface area contributed by atoms with Gasteiger partial charge in [-0.2, -0.15) is 5.26 Å². The molecule has 18 heavy (non-hydrogen) atoms. The van der Waals surface area contributed by atoms with Gasteiger partial charge in [0.15, 0.2) is 0 Å². The first-order valence-electron chi connectivity index (χ1n) is 5.18. The molecule has 1 heterocycles. The average Bonchev–Trinajstić information content (AvgIpc) is 2.39. The van der Waals surface area contributed by atoms with Crippen molar-refractivity contribution in [3.05, 3.63) is 46.7 Å². The number of methoxy groups -OCH3 is 1. The molecule has 5 heteroatoms. The lowest BCUT2D eigenvalue weighted by molar-refractivity contribution is 0.416. The van der Waals surface area contributed by atoms with Gasteiger partial charge in [-0.3, -0.25) is 4.98 Å². The molecule has 0 saturated carbocycles. The molecule has 0 saturated heterocycles. The van der Waals surface area contributed by atoms with Gasteiger partial charge in [0.1, 0.15) is 5.75 Å². The van der Waals surface area contributed by atoms with Crippen LogP contribution in [0.1, 0.15) is 5.56 Å². The van der Waals surface area contributed by atoms with Gasteiger partial charge in [-0.05, 0) is 34.1 Å². The van der Waals surface area contributed by atoms with Crippen molar-refractivity contribution in [1.82, 2.24) is 4.98 Å². The fraction of sp³-hybridized carbons (Fsp3) is 0.0769. The Labute approximate surface area is 113 Å². The van der Waals surface area contributed by atoms with E-state index in [1.54, 1.807) is 37.7 Å². The van der Waals surface area contributed by atoms with Crippen molar-refractivity contribution in [3.8, 4) is 11.8 Å². The third kappa shape index (κ3) is 2.79. The molecule has 0 spiro atoms. The number of hydrogen-bond acceptors (Lipinski definition) is 4. The molecule has 0 aliphatic heterocycles. The van der Waals surface area contributed by atoms with E-state index in [1.807, 2.05) is 6.07 Å². The molecule has 0 aliphatic rings. The third-order valence-corrected chi connectivity index (χ3v) is 2.75. The van der Waals surface area contributed by atoms with E-state index in [1.165, 1.54) is 0 Å². The lowest BCUT2D eigenvalue weighted by Crippen LogP contribution is -1.95. The molecule has 2 rings (SSSR count). The maximum Gasteiger partial charge on any atom is 0.143 e. The Morgan fingerprint density at radius 2 is 2.17 bits per heavy atom. The monoisotopic (exact) mass is 303 g/mol. The van der Waals surface area contributed by atoms with Crippen molar-refractivity contribution in [2.24, 2.45) is 0 Å². The normalized spacial score (nSPS) is 9.61. The van der Waals surface area contributed by atoms with Crippen molar-refractivity contribution in [1.29, 1.82) is 5.26 Å². The SMILES string of the molecule is COc1cc(C#N)ccc1Nc1cncc(Br)c1. The first kappa shape index (κ1) is 12.4. The minimum Gasteiger partial charge on any atom is -0.495 e. The van der Waals surface area contributed by atoms with E-state index in [-0.39, 0.29) is 0 Å². The van der Waals surface area contributed by atoms with E-state index >= 15 is 0 Å². The van der Waals surface area contributed by atoms with Crippen LogP contribution in [0.2, 0.25) is 0 Å². The standard InChI is InChI=1S/C13H10BrN3O/c1-18-13-4-9(6-15)2-3-12(13)17-11-5-10(14)7-16-8-11/h2-5,7-8,17H,1H3. The van der Waals surface area contributed by atoms with E-state index in [2.05, 4.69) is 32.3 Å². The number of ether oxygens (including phenoxy) is 1. The molecule has 1 aromatic carbocycles. The van der Waals surface area contributed by atoms with Crippen molar-refractivity contribution < 1.29 is 4.74 Å². The quantitative estimate of drug-likeness (QED) is 0.943. The summed E-state index contributed by atoms with van der Waals surface area (Å²) in [4.78, 5) is 4.07. The van der Waals surface area contributed by atoms with Crippen LogP contribution in [0.3, 0.4) is 0 Å². The molecular weight excluding hydrogens is 294 g/mol. The molecule has 4 nitrogen and oxygen atoms in total. The fourth-order valence-electron chi connectivity index (χ4n) is 1.50. The van der Waals surface area contributed by atoms with Gasteiger partial charge in [-0.25, -0.2) is 0 Å². The van der Waals surface area contributed by atoms with Crippen molar-refractivity contribution in [3.63, 3.8) is 0 Å². The molecule has 90 valence electrons. The Morgan fingerprint density at radius 3 is 2.83 bits per heavy atom. The Morgan fingerprint density at radius 1 is 1.33 bits per heavy atom. The van der Waals surface area contributed by atoms with Gasteiger partial charge in [0.25, 0.3) is 0 Å². The highest BCUT2D eigenvalue weighted by Crippen LogP contribution is 2.29. The van der Waals surface area contributed by atoms with Gasteiger partial charge in [0.2, 0.25) is 0 Å². The van der Waals surface area contributed by atoms with Gasteiger partial charge in [-0.1, -0.05) is 0 Å². The predicted molar refractivity (Wildman–Crippen MR) is 72.9 cm³/mol. The summed E-state index contributed by atoms with van der Waals surface area (Å²) in [7, 11) is 1.57. The number of anilines is 2. The van der Waals surface area contributed by atoms with Crippen LogP contribution in [0.25, 0.3) is 0 Å². The number of halogens is 1. The molecule has 2 aromatic rings. The first-order valence-corrected chi connectivity index (χ1v) is 5.98. The van der Waals surface area contributed by atoms with Crippen molar-refractivity contribution in [2.45, 2.75) is 0 Å². The van der Waals surface area contributed by atoms with Gasteiger partial charge >= 0.3 is 0 Å². The maximum absolute atomic E-state index is 8.83. The zero-order valence-corrected chi connectivity index (χ0v) is 11.2. The van der Waals surface area contributed by atoms with E-state index in [0.717, 1.165) is 15.8 Å². The van der Waals surface area contributed by atoms with Crippen LogP contribution in [0.5, 0.6) is 5.75 Å². The molecule has 0 aliphatic carbocycles. The summed E-state index contributed by atoms with van der Waals surface area (Å²) in [5.74, 6) is 0.619. The number of aromatic nitrogens is 1. The molecular formula is C13H10BrN3O. The van der Waals surface area contributed by atoms with Crippen LogP contribution < -0.4 is 10.1 Å². The Bertz CT molecular complexity index is 607. The summed E-state index contributed by atoms with van der Waals surface area (Å²) >= 11 is 3.36. The third-order valence-electron chi connectivity index (χ3n) is 2.31. The number of pyridine rings is 1. The molecule has 0 atom stereocenters. The second kappa shape index (κ2) is 5.52. The van der Waals surface area contributed by atoms with E-state index in [4.69, 9.17) is 10.00 Å². The Kier molecular flexibility index (Phi) is 3.80. The van der Waals surface area contributed by atoms with Gasteiger partial charge in [0.05, 0.1) is 36.3 Å². The summed E-state index contributed by atoms with van der Waals surface area (Å²) in [6.07, 6.45) is 3.42. The van der Waals surface area contributed by atoms with Gasteiger partial charge in [-0.15, -0.1) is 0 Å². The topological polar surface area (TPSA) is 57.9 Å². The summed E-state index contributed by atoms with van der Waals surface area (Å²) in [6, 6.07) is 9.21. The number of nitrogens with one attached hydrogen (secondary N) is 1. The van der Waals surface area contributed by atoms with Gasteiger partial charge in [0, 0.05) is 16.7 Å². The van der Waals surface area contributed by atoms with Crippen LogP contribution in [-0.2, 0) is 0 Å². The predicted octanol–water partition coefficient (Wildman–Crippen LogP) is 3.47. The number of rotatable bonds is 3. The van der Waals surface area contributed by atoms with Crippen molar-refractivity contribution >= 4 is 27.3 Å². The number of hydrogen-bond donors (Lipinski definition) is 1. The smallest absolute Gasteiger partial charge is 0.143 e. The molecule has 0 unspecified atom stereocenters. The number of nitriles is 1. The minimum atomic E-state index is 0.560. The molecule has 0 radical (unpaired) electrons. The molecule has 0 bridgehead atoms. The summed E-state index contributed by atoms with van der Waals surface area (Å²) in [5, 5.41) is 12.0. The first-order chi connectivity index (χ1) is 8.72. The largest absolute Gasteiger partial charge is 0.495 e. The Hall–Kier alpha value is -2.06. The van der Waals surface area contributed by atoms with Crippen molar-refractivity contribution in [2.75, 3.05) is 12.4 Å². The van der Waals surface area contributed by atoms with Crippen LogP contribution in [-0.4, -0.2) is 12.1 Å². The van der Waals surface area contributed by atoms with E-state index in [9.17, 15) is 0 Å². The summed E-state index contributed by atoms with van der Waals surface area (Å²) in [6.45, 7) is 0. The van der Waals surface area contributed by atoms with Crippen LogP contribution >= 0.6 is 15.9 Å². The summed E-state index contributed by atoms with van der Waals surface area (Å²) < 4.78 is 6.13. The highest BCUT2D eigenvalue weighted by molar-refractivity contribution is 9.10.